The maximum atomic E-state index is 12.7. The molecule has 1 aliphatic heterocycles. The van der Waals surface area contributed by atoms with Gasteiger partial charge in [0.1, 0.15) is 6.61 Å². The van der Waals surface area contributed by atoms with Crippen LogP contribution in [0.3, 0.4) is 0 Å². The lowest BCUT2D eigenvalue weighted by atomic mass is 9.98. The Morgan fingerprint density at radius 3 is 2.68 bits per heavy atom. The molecule has 0 fully saturated rings. The summed E-state index contributed by atoms with van der Waals surface area (Å²) < 4.78 is 16.1. The van der Waals surface area contributed by atoms with E-state index in [4.69, 9.17) is 14.2 Å². The van der Waals surface area contributed by atoms with Gasteiger partial charge in [-0.05, 0) is 23.8 Å². The number of hydrogen-bond donors (Lipinski definition) is 0. The van der Waals surface area contributed by atoms with E-state index in [2.05, 4.69) is 0 Å². The summed E-state index contributed by atoms with van der Waals surface area (Å²) in [7, 11) is 3.01. The zero-order valence-electron chi connectivity index (χ0n) is 13.6. The molecule has 0 bridgehead atoms. The van der Waals surface area contributed by atoms with Gasteiger partial charge in [0.2, 0.25) is 5.78 Å². The van der Waals surface area contributed by atoms with Crippen LogP contribution in [-0.4, -0.2) is 24.9 Å². The number of nitro groups is 1. The Hall–Kier alpha value is -3.35. The average molecular weight is 341 g/mol. The van der Waals surface area contributed by atoms with Crippen molar-refractivity contribution in [1.29, 1.82) is 0 Å². The normalized spacial score (nSPS) is 14.6. The fourth-order valence-corrected chi connectivity index (χ4v) is 2.68. The van der Waals surface area contributed by atoms with Gasteiger partial charge in [0.15, 0.2) is 17.3 Å². The Labute approximate surface area is 143 Å². The first-order valence-electron chi connectivity index (χ1n) is 7.42. The van der Waals surface area contributed by atoms with Gasteiger partial charge >= 0.3 is 0 Å². The van der Waals surface area contributed by atoms with Gasteiger partial charge in [0, 0.05) is 23.3 Å². The van der Waals surface area contributed by atoms with Crippen molar-refractivity contribution in [2.24, 2.45) is 0 Å². The smallest absolute Gasteiger partial charge is 0.270 e. The third-order valence-electron chi connectivity index (χ3n) is 3.87. The number of carbonyl (C=O) groups is 1. The quantitative estimate of drug-likeness (QED) is 0.481. The molecule has 7 nitrogen and oxygen atoms in total. The highest BCUT2D eigenvalue weighted by atomic mass is 16.6. The molecule has 0 atom stereocenters. The largest absolute Gasteiger partial charge is 0.493 e. The highest BCUT2D eigenvalue weighted by Crippen LogP contribution is 2.38. The number of Topliss-reactive ketones (excluding diaryl/α,β-unsaturated/α-hetero) is 1. The number of rotatable bonds is 4. The van der Waals surface area contributed by atoms with E-state index in [-0.39, 0.29) is 23.8 Å². The van der Waals surface area contributed by atoms with Gasteiger partial charge < -0.3 is 14.2 Å². The topological polar surface area (TPSA) is 87.9 Å². The van der Waals surface area contributed by atoms with Crippen molar-refractivity contribution in [1.82, 2.24) is 0 Å². The molecule has 0 N–H and O–H groups in total. The minimum Gasteiger partial charge on any atom is -0.493 e. The second-order valence-corrected chi connectivity index (χ2v) is 5.31. The molecule has 1 heterocycles. The van der Waals surface area contributed by atoms with E-state index < -0.39 is 4.92 Å². The molecule has 0 saturated carbocycles. The standard InChI is InChI=1S/C18H15NO6/c1-23-15-7-6-13-14(18(15)24-2)10-25-16(17(13)20)9-11-4-3-5-12(8-11)19(21)22/h3-9H,10H2,1-2H3/b16-9-. The van der Waals surface area contributed by atoms with Crippen molar-refractivity contribution in [3.63, 3.8) is 0 Å². The molecule has 0 radical (unpaired) electrons. The van der Waals surface area contributed by atoms with Crippen LogP contribution < -0.4 is 9.47 Å². The van der Waals surface area contributed by atoms with E-state index in [0.29, 0.717) is 28.2 Å². The summed E-state index contributed by atoms with van der Waals surface area (Å²) in [5.74, 6) is 0.792. The molecule has 0 spiro atoms. The highest BCUT2D eigenvalue weighted by Gasteiger charge is 2.28. The van der Waals surface area contributed by atoms with Gasteiger partial charge in [-0.15, -0.1) is 0 Å². The molecular formula is C18H15NO6. The van der Waals surface area contributed by atoms with Crippen molar-refractivity contribution in [2.75, 3.05) is 14.2 Å². The van der Waals surface area contributed by atoms with E-state index in [1.54, 1.807) is 24.3 Å². The molecule has 1 aliphatic rings. The van der Waals surface area contributed by atoms with E-state index in [9.17, 15) is 14.9 Å². The van der Waals surface area contributed by atoms with Crippen LogP contribution in [-0.2, 0) is 11.3 Å². The molecule has 7 heteroatoms. The maximum absolute atomic E-state index is 12.7. The average Bonchev–Trinajstić information content (AvgIpc) is 2.63. The van der Waals surface area contributed by atoms with E-state index in [1.807, 2.05) is 0 Å². The number of carbonyl (C=O) groups excluding carboxylic acids is 1. The first-order valence-corrected chi connectivity index (χ1v) is 7.42. The fourth-order valence-electron chi connectivity index (χ4n) is 2.68. The summed E-state index contributed by atoms with van der Waals surface area (Å²) in [4.78, 5) is 23.1. The van der Waals surface area contributed by atoms with Gasteiger partial charge in [0.25, 0.3) is 5.69 Å². The third kappa shape index (κ3) is 3.03. The summed E-state index contributed by atoms with van der Waals surface area (Å²) in [5.41, 5.74) is 1.54. The van der Waals surface area contributed by atoms with Gasteiger partial charge in [-0.25, -0.2) is 0 Å². The van der Waals surface area contributed by atoms with E-state index >= 15 is 0 Å². The van der Waals surface area contributed by atoms with Gasteiger partial charge in [-0.1, -0.05) is 12.1 Å². The second kappa shape index (κ2) is 6.64. The first-order chi connectivity index (χ1) is 12.0. The van der Waals surface area contributed by atoms with Crippen molar-refractivity contribution in [2.45, 2.75) is 6.61 Å². The summed E-state index contributed by atoms with van der Waals surface area (Å²) in [6.45, 7) is 0.141. The molecular weight excluding hydrogens is 326 g/mol. The van der Waals surface area contributed by atoms with Crippen molar-refractivity contribution in [3.05, 3.63) is 69.0 Å². The number of benzene rings is 2. The number of hydrogen-bond acceptors (Lipinski definition) is 6. The van der Waals surface area contributed by atoms with E-state index in [1.165, 1.54) is 32.4 Å². The fraction of sp³-hybridized carbons (Fsp3) is 0.167. The van der Waals surface area contributed by atoms with Crippen LogP contribution in [0.15, 0.2) is 42.2 Å². The van der Waals surface area contributed by atoms with Crippen LogP contribution in [0.1, 0.15) is 21.5 Å². The number of ketones is 1. The molecule has 0 aliphatic carbocycles. The molecule has 0 saturated heterocycles. The van der Waals surface area contributed by atoms with Crippen LogP contribution >= 0.6 is 0 Å². The minimum atomic E-state index is -0.488. The van der Waals surface area contributed by atoms with Gasteiger partial charge in [-0.3, -0.25) is 14.9 Å². The Balaban J connectivity index is 2.00. The number of ether oxygens (including phenoxy) is 3. The van der Waals surface area contributed by atoms with Crippen molar-refractivity contribution < 1.29 is 23.9 Å². The monoisotopic (exact) mass is 341 g/mol. The summed E-state index contributed by atoms with van der Waals surface area (Å²) in [6.07, 6.45) is 1.50. The number of nitrogens with zero attached hydrogens (tertiary/aromatic N) is 1. The van der Waals surface area contributed by atoms with Crippen LogP contribution in [0.25, 0.3) is 6.08 Å². The third-order valence-corrected chi connectivity index (χ3v) is 3.87. The summed E-state index contributed by atoms with van der Waals surface area (Å²) in [6, 6.07) is 9.31. The lowest BCUT2D eigenvalue weighted by molar-refractivity contribution is -0.384. The zero-order valence-corrected chi connectivity index (χ0v) is 13.6. The first kappa shape index (κ1) is 16.5. The number of methoxy groups -OCH3 is 2. The minimum absolute atomic E-state index is 0.0515. The predicted octanol–water partition coefficient (Wildman–Crippen LogP) is 3.37. The SMILES string of the molecule is COc1ccc2c(c1OC)CO/C(=C\c1cccc([N+](=O)[O-])c1)C2=O. The van der Waals surface area contributed by atoms with Crippen molar-refractivity contribution in [3.8, 4) is 11.5 Å². The number of non-ortho nitro benzene ring substituents is 1. The number of fused-ring (bicyclic) bond motifs is 1. The molecule has 128 valence electrons. The summed E-state index contributed by atoms with van der Waals surface area (Å²) in [5, 5.41) is 10.9. The predicted molar refractivity (Wildman–Crippen MR) is 89.7 cm³/mol. The Bertz CT molecular complexity index is 887. The van der Waals surface area contributed by atoms with Crippen LogP contribution in [0.4, 0.5) is 5.69 Å². The van der Waals surface area contributed by atoms with Gasteiger partial charge in [-0.2, -0.15) is 0 Å². The zero-order chi connectivity index (χ0) is 18.0. The maximum Gasteiger partial charge on any atom is 0.270 e. The molecule has 25 heavy (non-hydrogen) atoms. The molecule has 0 aromatic heterocycles. The van der Waals surface area contributed by atoms with Crippen LogP contribution in [0.5, 0.6) is 11.5 Å². The molecule has 2 aromatic carbocycles. The van der Waals surface area contributed by atoms with Crippen LogP contribution in [0, 0.1) is 10.1 Å². The highest BCUT2D eigenvalue weighted by molar-refractivity contribution is 6.12. The lowest BCUT2D eigenvalue weighted by Gasteiger charge is -2.22. The lowest BCUT2D eigenvalue weighted by Crippen LogP contribution is -2.17. The molecule has 3 rings (SSSR count). The van der Waals surface area contributed by atoms with E-state index in [0.717, 1.165) is 0 Å². The molecule has 2 aromatic rings. The van der Waals surface area contributed by atoms with Gasteiger partial charge in [0.05, 0.1) is 19.1 Å². The van der Waals surface area contributed by atoms with Crippen molar-refractivity contribution >= 4 is 17.5 Å². The molecule has 0 unspecified atom stereocenters. The Morgan fingerprint density at radius 2 is 2.00 bits per heavy atom. The number of nitro benzene ring substituents is 1. The molecule has 0 amide bonds. The second-order valence-electron chi connectivity index (χ2n) is 5.31. The Morgan fingerprint density at radius 1 is 1.20 bits per heavy atom. The Kier molecular flexibility index (Phi) is 4.38. The number of allylic oxidation sites excluding steroid dienone is 1. The summed E-state index contributed by atoms with van der Waals surface area (Å²) >= 11 is 0. The van der Waals surface area contributed by atoms with Crippen LogP contribution in [0.2, 0.25) is 0 Å².